The van der Waals surface area contributed by atoms with E-state index in [0.717, 1.165) is 19.5 Å². The zero-order valence-corrected chi connectivity index (χ0v) is 68.4. The number of rotatable bonds is 32. The number of methoxy groups -OCH3 is 1. The summed E-state index contributed by atoms with van der Waals surface area (Å²) in [5.74, 6) is 0. The van der Waals surface area contributed by atoms with Gasteiger partial charge in [-0.05, 0) is 131 Å². The molecule has 22 atom stereocenters. The van der Waals surface area contributed by atoms with Crippen molar-refractivity contribution in [3.05, 3.63) is 0 Å². The van der Waals surface area contributed by atoms with Crippen LogP contribution in [-0.4, -0.2) is 242 Å². The summed E-state index contributed by atoms with van der Waals surface area (Å²) in [6, 6.07) is 0. The molecule has 6 saturated heterocycles. The molecule has 0 bridgehead atoms. The van der Waals surface area contributed by atoms with E-state index in [2.05, 4.69) is 39.9 Å². The van der Waals surface area contributed by atoms with Crippen molar-refractivity contribution in [3.63, 3.8) is 0 Å². The molecule has 6 fully saturated rings. The van der Waals surface area contributed by atoms with Gasteiger partial charge < -0.3 is 155 Å². The quantitative estimate of drug-likeness (QED) is 0.0555. The Labute approximate surface area is 603 Å². The third kappa shape index (κ3) is 45.5. The van der Waals surface area contributed by atoms with E-state index in [1.165, 1.54) is 6.66 Å². The molecule has 0 aliphatic carbocycles. The second-order valence-electron chi connectivity index (χ2n) is 26.3. The van der Waals surface area contributed by atoms with Crippen LogP contribution in [0.15, 0.2) is 0 Å². The van der Waals surface area contributed by atoms with Gasteiger partial charge in [-0.2, -0.15) is 0 Å². The highest BCUT2D eigenvalue weighted by molar-refractivity contribution is 8.34. The number of hydrogen-bond acceptors (Lipinski definition) is 34. The van der Waals surface area contributed by atoms with Crippen LogP contribution in [0.1, 0.15) is 150 Å². The first-order chi connectivity index (χ1) is 44.9. The molecule has 0 amide bonds. The maximum absolute atomic E-state index is 11.5. The average molecular weight is 1590 g/mol. The van der Waals surface area contributed by atoms with Crippen molar-refractivity contribution in [3.8, 4) is 0 Å². The molecule has 6 rings (SSSR count). The fourth-order valence-corrected chi connectivity index (χ4v) is 14.5. The Kier molecular flexibility index (Phi) is 47.4. The Morgan fingerprint density at radius 3 is 1.05 bits per heavy atom. The van der Waals surface area contributed by atoms with Crippen LogP contribution in [0.3, 0.4) is 0 Å². The van der Waals surface area contributed by atoms with E-state index in [4.69, 9.17) is 96.7 Å². The number of aliphatic hydroxyl groups is 2. The maximum atomic E-state index is 11.5. The Morgan fingerprint density at radius 1 is 0.418 bits per heavy atom. The molecule has 0 aromatic carbocycles. The van der Waals surface area contributed by atoms with Gasteiger partial charge in [0, 0.05) is 39.5 Å². The van der Waals surface area contributed by atoms with E-state index in [1.807, 2.05) is 111 Å². The molecule has 8 unspecified atom stereocenters. The first-order valence-corrected chi connectivity index (χ1v) is 45.8. The highest BCUT2D eigenvalue weighted by Crippen LogP contribution is 2.45. The Hall–Kier alpha value is 1.64. The van der Waals surface area contributed by atoms with Gasteiger partial charge in [-0.15, -0.1) is 35.4 Å². The highest BCUT2D eigenvalue weighted by atomic mass is 32.7. The van der Waals surface area contributed by atoms with Crippen LogP contribution >= 0.6 is 34.3 Å². The lowest BCUT2D eigenvalue weighted by Crippen LogP contribution is -2.41. The molecule has 39 heteroatoms. The van der Waals surface area contributed by atoms with Crippen LogP contribution in [0.5, 0.6) is 0 Å². The standard InChI is InChI=1S/C12H25O7PS.C10H21O5P.C10H21O4PS.C9H19O6PS.C9H19O5PS.C9H18O3/c1-8(2)17-7-10-12(19-20(13,14)21)11(9(3)18-10)16-6-5-15-4;1-7(2)13-6-10-9(5-8(3)14-10)15-16(4,11)12;1-7(2)12-6-10-9(5-8(3)13-10)14-15(4,11)16;1-5(2)13-4-7-9(15-16(11,12)17)8(10)6(3)14-7;1-6(2)12-5-9-8(4-7(3)13-9)14-15(10,11)16;1-6(2)11-5-9-8(10)4-7(3)12-9/h8-12H,5-7H2,1-4H3,(H2,13,14,21);7-10H,5-6H2,1-4H3,(H,11,12);7-10H,5-6H2,1-4H3,(H,11,16);5-10H,4H2,1-3H3,(H2,11,12,17);6-9H,4-5H2,1-3H3,(H2,10,11,16);6-10H,4-5H2,1-3H3/p-8/t9-,10+,11+,12?;8-,9?,10+;8-,9?,10+,15?;6-,7+,8+,9?;2*7-,8?,9+/m000000/s1. The van der Waals surface area contributed by atoms with Gasteiger partial charge in [-0.1, -0.05) is 20.2 Å². The second-order valence-corrected chi connectivity index (χ2v) is 39.1. The average Bonchev–Trinajstić information content (AvgIpc) is 1.68. The number of aliphatic hydroxyl groups excluding tert-OH is 2. The van der Waals surface area contributed by atoms with Gasteiger partial charge in [0.05, 0.1) is 157 Å². The molecule has 30 nitrogen and oxygen atoms in total. The van der Waals surface area contributed by atoms with E-state index in [0.29, 0.717) is 52.5 Å². The second kappa shape index (κ2) is 47.5. The number of ether oxygens (including phenoxy) is 14. The first-order valence-electron chi connectivity index (χ1n) is 33.0. The Morgan fingerprint density at radius 2 is 0.724 bits per heavy atom. The minimum Gasteiger partial charge on any atom is -0.812 e. The fraction of sp³-hybridized carbons (Fsp3) is 1.00. The summed E-state index contributed by atoms with van der Waals surface area (Å²) in [7, 11) is -2.16. The first kappa shape index (κ1) is 97.7. The van der Waals surface area contributed by atoms with Gasteiger partial charge in [-0.3, -0.25) is 0 Å². The predicted octanol–water partition coefficient (Wildman–Crippen LogP) is 2.82. The van der Waals surface area contributed by atoms with Crippen LogP contribution in [-0.2, 0) is 146 Å². The molecule has 0 aromatic rings. The van der Waals surface area contributed by atoms with Gasteiger partial charge in [0.2, 0.25) is 0 Å². The minimum atomic E-state index is -4.33. The summed E-state index contributed by atoms with van der Waals surface area (Å²) in [5, 5.41) is 19.2. The van der Waals surface area contributed by atoms with Crippen molar-refractivity contribution in [1.82, 2.24) is 0 Å². The fourth-order valence-electron chi connectivity index (χ4n) is 10.2. The van der Waals surface area contributed by atoms with Crippen molar-refractivity contribution in [2.45, 2.75) is 309 Å². The monoisotopic (exact) mass is 1590 g/mol. The summed E-state index contributed by atoms with van der Waals surface area (Å²) in [6.45, 7) is 23.7. The lowest BCUT2D eigenvalue weighted by Gasteiger charge is -2.39. The molecule has 98 heavy (non-hydrogen) atoms. The third-order valence-electron chi connectivity index (χ3n) is 14.3. The zero-order valence-electron chi connectivity index (χ0n) is 60.7. The van der Waals surface area contributed by atoms with Crippen LogP contribution in [0, 0.1) is 0 Å². The van der Waals surface area contributed by atoms with E-state index in [1.54, 1.807) is 21.0 Å². The normalized spacial score (nSPS) is 33.2. The topological polar surface area (TPSA) is 411 Å². The van der Waals surface area contributed by atoms with E-state index < -0.39 is 89.3 Å². The minimum absolute atomic E-state index is 0.000531. The summed E-state index contributed by atoms with van der Waals surface area (Å²) in [6.07, 6.45) is -4.48. The summed E-state index contributed by atoms with van der Waals surface area (Å²) < 4.78 is 124. The smallest absolute Gasteiger partial charge is 0.132 e. The SMILES string of the molecule is CC(C)OC[C@H]1O[C@@H](C)CC1O.CC(C)OC[C@H]1O[C@@H](C)CC1OP(C)(=O)[O-].CC(C)OC[C@H]1O[C@@H](C)CC1OP(C)(=O)[S-].CC(C)OC[C@H]1O[C@@H](C)CC1OP([O-])([O-])=S.CC(C)OC[C@H]1O[C@@H](C)[C@@H](O)C1OP([O-])([O-])=S.COCCO[C@H]1C(OP([O-])([O-])=S)[C@@H](COC(C)C)O[C@H]1C. The largest absolute Gasteiger partial charge is 0.812 e. The molecule has 6 aliphatic rings. The molecule has 0 saturated carbocycles. The summed E-state index contributed by atoms with van der Waals surface area (Å²) in [4.78, 5) is 77.4. The van der Waals surface area contributed by atoms with Gasteiger partial charge in [0.25, 0.3) is 0 Å². The van der Waals surface area contributed by atoms with Crippen molar-refractivity contribution in [2.75, 3.05) is 73.3 Å². The van der Waals surface area contributed by atoms with Crippen LogP contribution in [0.4, 0.5) is 0 Å². The number of hydrogen-bond donors (Lipinski definition) is 2. The molecular weight excluding hydrogens is 1470 g/mol. The van der Waals surface area contributed by atoms with Crippen molar-refractivity contribution < 1.29 is 143 Å². The lowest BCUT2D eigenvalue weighted by atomic mass is 10.1. The van der Waals surface area contributed by atoms with Crippen molar-refractivity contribution in [1.29, 1.82) is 0 Å². The van der Waals surface area contributed by atoms with Crippen molar-refractivity contribution >= 4 is 82.0 Å². The van der Waals surface area contributed by atoms with Crippen LogP contribution in [0.2, 0.25) is 0 Å². The van der Waals surface area contributed by atoms with Gasteiger partial charge in [0.1, 0.15) is 68.6 Å². The van der Waals surface area contributed by atoms with Gasteiger partial charge in [0.15, 0.2) is 0 Å². The van der Waals surface area contributed by atoms with Gasteiger partial charge >= 0.3 is 0 Å². The van der Waals surface area contributed by atoms with E-state index in [-0.39, 0.29) is 117 Å². The zero-order chi connectivity index (χ0) is 75.4. The molecule has 2 N–H and O–H groups in total. The van der Waals surface area contributed by atoms with Gasteiger partial charge in [-0.25, -0.2) is 0 Å². The Bertz CT molecular complexity index is 2260. The van der Waals surface area contributed by atoms with Crippen LogP contribution in [0.25, 0.3) is 0 Å². The molecule has 0 aromatic heterocycles. The summed E-state index contributed by atoms with van der Waals surface area (Å²) in [5.41, 5.74) is 0. The molecule has 6 aliphatic heterocycles. The van der Waals surface area contributed by atoms with Crippen LogP contribution < -0.4 is 34.3 Å². The molecule has 6 heterocycles. The predicted molar refractivity (Wildman–Crippen MR) is 366 cm³/mol. The highest BCUT2D eigenvalue weighted by Gasteiger charge is 2.46. The Balaban J connectivity index is 0.000000592. The van der Waals surface area contributed by atoms with Crippen molar-refractivity contribution in [2.24, 2.45) is 0 Å². The lowest BCUT2D eigenvalue weighted by molar-refractivity contribution is -0.328. The van der Waals surface area contributed by atoms with E-state index in [9.17, 15) is 53.6 Å². The summed E-state index contributed by atoms with van der Waals surface area (Å²) >= 11 is 17.5. The van der Waals surface area contributed by atoms with E-state index >= 15 is 0 Å². The maximum Gasteiger partial charge on any atom is 0.132 e. The molecular formula is C59H115O30P5S4-8. The molecule has 588 valence electrons. The third-order valence-corrected chi connectivity index (χ3v) is 18.1. The molecule has 0 spiro atoms. The molecule has 0 radical (unpaired) electrons.